The van der Waals surface area contributed by atoms with Crippen LogP contribution in [0.25, 0.3) is 11.0 Å². The highest BCUT2D eigenvalue weighted by atomic mass is 16.7. The second-order valence-corrected chi connectivity index (χ2v) is 5.51. The molecule has 23 heavy (non-hydrogen) atoms. The molecule has 1 aliphatic heterocycles. The van der Waals surface area contributed by atoms with Crippen LogP contribution in [0.1, 0.15) is 31.7 Å². The van der Waals surface area contributed by atoms with Crippen molar-refractivity contribution in [2.45, 2.75) is 39.1 Å². The predicted octanol–water partition coefficient (Wildman–Crippen LogP) is 3.16. The summed E-state index contributed by atoms with van der Waals surface area (Å²) in [6.07, 6.45) is 2.52. The molecule has 6 heteroatoms. The molecule has 1 aromatic carbocycles. The lowest BCUT2D eigenvalue weighted by Gasteiger charge is -2.29. The number of anilines is 1. The Kier molecular flexibility index (Phi) is 4.95. The molecule has 1 aliphatic rings. The zero-order valence-corrected chi connectivity index (χ0v) is 13.1. The van der Waals surface area contributed by atoms with Crippen LogP contribution in [0, 0.1) is 5.21 Å². The molecule has 124 valence electrons. The van der Waals surface area contributed by atoms with Gasteiger partial charge in [0.1, 0.15) is 5.58 Å². The minimum Gasteiger partial charge on any atom is -0.756 e. The van der Waals surface area contributed by atoms with E-state index in [9.17, 15) is 10.0 Å². The highest BCUT2D eigenvalue weighted by molar-refractivity contribution is 5.79. The van der Waals surface area contributed by atoms with E-state index in [1.54, 1.807) is 31.2 Å². The van der Waals surface area contributed by atoms with Crippen molar-refractivity contribution in [2.75, 3.05) is 18.2 Å². The van der Waals surface area contributed by atoms with Crippen molar-refractivity contribution in [3.63, 3.8) is 0 Å². The van der Waals surface area contributed by atoms with Crippen LogP contribution in [0.2, 0.25) is 0 Å². The fourth-order valence-corrected chi connectivity index (χ4v) is 2.66. The van der Waals surface area contributed by atoms with E-state index >= 15 is 0 Å². The van der Waals surface area contributed by atoms with Crippen LogP contribution in [0.5, 0.6) is 0 Å². The molecular formula is C17H20NO5-. The molecule has 1 atom stereocenters. The lowest BCUT2D eigenvalue weighted by Crippen LogP contribution is -2.25. The molecular weight excluding hydrogens is 298 g/mol. The van der Waals surface area contributed by atoms with Gasteiger partial charge in [0.2, 0.25) is 0 Å². The Morgan fingerprint density at radius 2 is 2.17 bits per heavy atom. The Labute approximate surface area is 134 Å². The van der Waals surface area contributed by atoms with Gasteiger partial charge < -0.3 is 24.2 Å². The topological polar surface area (TPSA) is 75.0 Å². The zero-order valence-electron chi connectivity index (χ0n) is 13.1. The van der Waals surface area contributed by atoms with Crippen LogP contribution >= 0.6 is 0 Å². The number of ether oxygens (including phenoxy) is 2. The predicted molar refractivity (Wildman–Crippen MR) is 87.3 cm³/mol. The summed E-state index contributed by atoms with van der Waals surface area (Å²) in [6.45, 7) is 2.56. The lowest BCUT2D eigenvalue weighted by atomic mass is 10.1. The highest BCUT2D eigenvalue weighted by Gasteiger charge is 2.19. The summed E-state index contributed by atoms with van der Waals surface area (Å²) in [4.78, 5) is 12.7. The number of fused-ring (bicyclic) bond motifs is 1. The molecule has 1 fully saturated rings. The van der Waals surface area contributed by atoms with E-state index in [4.69, 9.17) is 13.9 Å². The van der Waals surface area contributed by atoms with Gasteiger partial charge in [-0.05, 0) is 38.3 Å². The summed E-state index contributed by atoms with van der Waals surface area (Å²) in [6, 6.07) is 6.90. The summed E-state index contributed by atoms with van der Waals surface area (Å²) in [5, 5.41) is 13.2. The van der Waals surface area contributed by atoms with Crippen molar-refractivity contribution >= 4 is 16.9 Å². The van der Waals surface area contributed by atoms with Crippen LogP contribution in [0.4, 0.5) is 5.88 Å². The SMILES string of the molecule is CCN([O-])c1oc2ccccc2c(=O)c1COC1CCCCO1. The molecule has 0 bridgehead atoms. The molecule has 0 aliphatic carbocycles. The Hall–Kier alpha value is -1.89. The Morgan fingerprint density at radius 3 is 2.91 bits per heavy atom. The minimum absolute atomic E-state index is 0.00586. The Bertz CT molecular complexity index is 720. The standard InChI is InChI=1S/C17H20NO5/c1-2-18(20)17-13(11-22-15-9-5-6-10-21-15)16(19)12-7-3-4-8-14(12)23-17/h3-4,7-8,15H,2,5-6,9-11H2,1H3/q-1. The number of para-hydroxylation sites is 1. The average Bonchev–Trinajstić information content (AvgIpc) is 2.61. The maximum atomic E-state index is 12.7. The summed E-state index contributed by atoms with van der Waals surface area (Å²) in [7, 11) is 0. The summed E-state index contributed by atoms with van der Waals surface area (Å²) < 4.78 is 16.9. The van der Waals surface area contributed by atoms with Gasteiger partial charge in [-0.2, -0.15) is 0 Å². The summed E-state index contributed by atoms with van der Waals surface area (Å²) in [5.74, 6) is 0.0204. The third-order valence-electron chi connectivity index (χ3n) is 3.94. The maximum Gasteiger partial charge on any atom is 0.200 e. The third-order valence-corrected chi connectivity index (χ3v) is 3.94. The first kappa shape index (κ1) is 16.0. The van der Waals surface area contributed by atoms with Crippen LogP contribution in [0.3, 0.4) is 0 Å². The Balaban J connectivity index is 1.95. The van der Waals surface area contributed by atoms with Crippen LogP contribution in [-0.2, 0) is 16.1 Å². The van der Waals surface area contributed by atoms with E-state index in [2.05, 4.69) is 0 Å². The molecule has 0 N–H and O–H groups in total. The van der Waals surface area contributed by atoms with Gasteiger partial charge in [0.15, 0.2) is 17.6 Å². The number of hydrogen-bond donors (Lipinski definition) is 0. The van der Waals surface area contributed by atoms with Crippen molar-refractivity contribution in [3.05, 3.63) is 45.3 Å². The van der Waals surface area contributed by atoms with E-state index in [0.29, 0.717) is 22.6 Å². The van der Waals surface area contributed by atoms with Crippen molar-refractivity contribution < 1.29 is 13.9 Å². The summed E-state index contributed by atoms with van der Waals surface area (Å²) >= 11 is 0. The molecule has 2 aromatic rings. The van der Waals surface area contributed by atoms with Crippen molar-refractivity contribution in [1.82, 2.24) is 0 Å². The molecule has 0 radical (unpaired) electrons. The smallest absolute Gasteiger partial charge is 0.200 e. The molecule has 0 spiro atoms. The molecule has 6 nitrogen and oxygen atoms in total. The molecule has 1 aromatic heterocycles. The molecule has 2 heterocycles. The van der Waals surface area contributed by atoms with Gasteiger partial charge in [-0.25, -0.2) is 0 Å². The minimum atomic E-state index is -0.329. The van der Waals surface area contributed by atoms with Crippen molar-refractivity contribution in [1.29, 1.82) is 0 Å². The van der Waals surface area contributed by atoms with Crippen LogP contribution in [0.15, 0.2) is 33.5 Å². The third kappa shape index (κ3) is 3.39. The first-order chi connectivity index (χ1) is 11.2. The van der Waals surface area contributed by atoms with Crippen LogP contribution < -0.4 is 10.5 Å². The quantitative estimate of drug-likeness (QED) is 0.788. The summed E-state index contributed by atoms with van der Waals surface area (Å²) in [5.41, 5.74) is 0.418. The number of nitrogens with zero attached hydrogens (tertiary/aromatic N) is 1. The molecule has 1 unspecified atom stereocenters. The number of rotatable bonds is 5. The first-order valence-electron chi connectivity index (χ1n) is 7.93. The number of benzene rings is 1. The van der Waals surface area contributed by atoms with E-state index in [0.717, 1.165) is 19.3 Å². The van der Waals surface area contributed by atoms with Gasteiger partial charge in [0.05, 0.1) is 17.6 Å². The normalized spacial score (nSPS) is 18.3. The van der Waals surface area contributed by atoms with E-state index in [1.165, 1.54) is 0 Å². The second-order valence-electron chi connectivity index (χ2n) is 5.51. The maximum absolute atomic E-state index is 12.7. The number of hydroxylamine groups is 1. The van der Waals surface area contributed by atoms with E-state index in [-0.39, 0.29) is 36.3 Å². The fourth-order valence-electron chi connectivity index (χ4n) is 2.66. The van der Waals surface area contributed by atoms with Gasteiger partial charge in [-0.15, -0.1) is 0 Å². The lowest BCUT2D eigenvalue weighted by molar-refractivity contribution is -0.169. The van der Waals surface area contributed by atoms with Gasteiger partial charge in [-0.3, -0.25) is 4.79 Å². The monoisotopic (exact) mass is 318 g/mol. The van der Waals surface area contributed by atoms with Gasteiger partial charge in [0.25, 0.3) is 0 Å². The van der Waals surface area contributed by atoms with Gasteiger partial charge >= 0.3 is 0 Å². The van der Waals surface area contributed by atoms with Gasteiger partial charge in [-0.1, -0.05) is 12.1 Å². The molecule has 0 amide bonds. The molecule has 0 saturated carbocycles. The fraction of sp³-hybridized carbons (Fsp3) is 0.471. The van der Waals surface area contributed by atoms with E-state index < -0.39 is 0 Å². The van der Waals surface area contributed by atoms with Crippen molar-refractivity contribution in [2.24, 2.45) is 0 Å². The van der Waals surface area contributed by atoms with Gasteiger partial charge in [0, 0.05) is 13.2 Å². The number of hydrogen-bond acceptors (Lipinski definition) is 6. The average molecular weight is 318 g/mol. The molecule has 1 saturated heterocycles. The first-order valence-corrected chi connectivity index (χ1v) is 7.93. The second kappa shape index (κ2) is 7.12. The van der Waals surface area contributed by atoms with E-state index in [1.807, 2.05) is 0 Å². The Morgan fingerprint density at radius 1 is 1.35 bits per heavy atom. The largest absolute Gasteiger partial charge is 0.756 e. The van der Waals surface area contributed by atoms with Crippen LogP contribution in [-0.4, -0.2) is 19.4 Å². The zero-order chi connectivity index (χ0) is 16.2. The molecule has 3 rings (SSSR count). The van der Waals surface area contributed by atoms with Crippen molar-refractivity contribution in [3.8, 4) is 0 Å². The highest BCUT2D eigenvalue weighted by Crippen LogP contribution is 2.25.